The molecule has 0 bridgehead atoms. The zero-order valence-electron chi connectivity index (χ0n) is 17.7. The summed E-state index contributed by atoms with van der Waals surface area (Å²) < 4.78 is 19.0. The standard InChI is InChI=1S/C20H23BN5O5PS/c21-32(28)29-8-13-16(31-32)15(27)19(30-13)26-18-14(17(22)23-9-24-18)25-20(26)33-12-6-5-10-3-1-2-4-11(10)7-12/h1-7,9-11,13,15-16,19,27-28,32H,8,21H2,(H2,22,23,24)/t10?,11-,13-,15?,16-,19-/m1/s1. The van der Waals surface area contributed by atoms with Crippen LogP contribution in [0.3, 0.4) is 0 Å². The Morgan fingerprint density at radius 1 is 1.21 bits per heavy atom. The number of aliphatic hydroxyl groups excluding tert-OH is 1. The molecule has 4 N–H and O–H groups in total. The Morgan fingerprint density at radius 2 is 2.03 bits per heavy atom. The van der Waals surface area contributed by atoms with E-state index in [4.69, 9.17) is 24.5 Å². The van der Waals surface area contributed by atoms with E-state index in [0.29, 0.717) is 22.2 Å². The zero-order valence-corrected chi connectivity index (χ0v) is 19.5. The molecule has 0 amide bonds. The van der Waals surface area contributed by atoms with E-state index in [2.05, 4.69) is 52.5 Å². The van der Waals surface area contributed by atoms with Gasteiger partial charge in [-0.15, -0.1) is 0 Å². The number of aliphatic hydroxyl groups is 1. The molecule has 33 heavy (non-hydrogen) atoms. The van der Waals surface area contributed by atoms with Gasteiger partial charge in [0.1, 0.15) is 0 Å². The summed E-state index contributed by atoms with van der Waals surface area (Å²) in [6, 6.07) is 0. The van der Waals surface area contributed by atoms with Crippen LogP contribution in [0.5, 0.6) is 0 Å². The molecule has 172 valence electrons. The van der Waals surface area contributed by atoms with E-state index in [1.165, 1.54) is 25.7 Å². The minimum absolute atomic E-state index is 0.139. The molecule has 0 saturated carbocycles. The second kappa shape index (κ2) is 8.02. The summed E-state index contributed by atoms with van der Waals surface area (Å²) in [5, 5.41) is 11.7. The summed E-state index contributed by atoms with van der Waals surface area (Å²) in [5.41, 5.74) is 6.98. The fraction of sp³-hybridized carbons (Fsp3) is 0.350. The number of imidazole rings is 1. The summed E-state index contributed by atoms with van der Waals surface area (Å²) >= 11 is 1.44. The van der Waals surface area contributed by atoms with Crippen molar-refractivity contribution < 1.29 is 23.8 Å². The Kier molecular flexibility index (Phi) is 5.22. The number of nitrogens with two attached hydrogens (primary N) is 1. The van der Waals surface area contributed by atoms with E-state index >= 15 is 0 Å². The van der Waals surface area contributed by atoms with Crippen LogP contribution < -0.4 is 5.73 Å². The van der Waals surface area contributed by atoms with Crippen molar-refractivity contribution in [3.05, 3.63) is 53.8 Å². The number of anilines is 1. The Balaban J connectivity index is 1.38. The number of hydrogen-bond donors (Lipinski definition) is 3. The summed E-state index contributed by atoms with van der Waals surface area (Å²) in [4.78, 5) is 24.4. The van der Waals surface area contributed by atoms with Crippen molar-refractivity contribution in [3.8, 4) is 0 Å². The van der Waals surface area contributed by atoms with E-state index < -0.39 is 32.4 Å². The van der Waals surface area contributed by atoms with Gasteiger partial charge in [-0.2, -0.15) is 0 Å². The van der Waals surface area contributed by atoms with Crippen molar-refractivity contribution in [1.29, 1.82) is 0 Å². The van der Waals surface area contributed by atoms with E-state index in [1.807, 2.05) is 0 Å². The van der Waals surface area contributed by atoms with Crippen molar-refractivity contribution in [2.45, 2.75) is 29.7 Å². The van der Waals surface area contributed by atoms with Crippen LogP contribution in [0.2, 0.25) is 0 Å². The topological polar surface area (TPSA) is 138 Å². The van der Waals surface area contributed by atoms with Gasteiger partial charge >= 0.3 is 189 Å². The first-order valence-electron chi connectivity index (χ1n) is 10.7. The van der Waals surface area contributed by atoms with Crippen molar-refractivity contribution >= 4 is 44.1 Å². The molecule has 2 aromatic rings. The number of ether oxygens (including phenoxy) is 1. The van der Waals surface area contributed by atoms with Gasteiger partial charge in [-0.1, -0.05) is 6.08 Å². The van der Waals surface area contributed by atoms with Crippen molar-refractivity contribution in [3.63, 3.8) is 0 Å². The zero-order chi connectivity index (χ0) is 22.7. The van der Waals surface area contributed by atoms with Gasteiger partial charge in [0, 0.05) is 0 Å². The average Bonchev–Trinajstić information content (AvgIpc) is 3.31. The van der Waals surface area contributed by atoms with Crippen molar-refractivity contribution in [1.82, 2.24) is 19.5 Å². The second-order valence-corrected chi connectivity index (χ2v) is 11.9. The number of thioether (sulfide) groups is 1. The molecule has 4 aliphatic rings. The fourth-order valence-electron chi connectivity index (χ4n) is 4.57. The molecule has 0 radical (unpaired) electrons. The van der Waals surface area contributed by atoms with Crippen LogP contribution in [0.1, 0.15) is 6.23 Å². The third-order valence-corrected chi connectivity index (χ3v) is 8.57. The van der Waals surface area contributed by atoms with E-state index in [9.17, 15) is 10.00 Å². The van der Waals surface area contributed by atoms with Crippen LogP contribution in [-0.4, -0.2) is 62.0 Å². The maximum absolute atomic E-state index is 11.1. The Labute approximate surface area is 195 Å². The van der Waals surface area contributed by atoms with Gasteiger partial charge in [0.15, 0.2) is 0 Å². The molecule has 2 aromatic heterocycles. The number of fused-ring (bicyclic) bond motifs is 3. The third kappa shape index (κ3) is 3.76. The van der Waals surface area contributed by atoms with Gasteiger partial charge in [0.2, 0.25) is 0 Å². The number of hydrogen-bond acceptors (Lipinski definition) is 10. The first-order chi connectivity index (χ1) is 15.9. The molecule has 2 aliphatic heterocycles. The molecule has 2 aliphatic carbocycles. The van der Waals surface area contributed by atoms with E-state index in [0.717, 1.165) is 4.91 Å². The Morgan fingerprint density at radius 3 is 2.88 bits per heavy atom. The number of nitrogen functional groups attached to an aromatic ring is 1. The van der Waals surface area contributed by atoms with Crippen molar-refractivity contribution in [2.24, 2.45) is 11.8 Å². The van der Waals surface area contributed by atoms with E-state index in [-0.39, 0.29) is 18.3 Å². The Hall–Kier alpha value is -2.05. The first kappa shape index (κ1) is 21.5. The molecule has 2 fully saturated rings. The maximum atomic E-state index is 11.1. The normalized spacial score (nSPS) is 35.3. The van der Waals surface area contributed by atoms with Crippen LogP contribution in [0.15, 0.2) is 58.9 Å². The predicted molar refractivity (Wildman–Crippen MR) is 128 cm³/mol. The van der Waals surface area contributed by atoms with Crippen LogP contribution in [0.4, 0.5) is 5.82 Å². The van der Waals surface area contributed by atoms with Crippen molar-refractivity contribution in [2.75, 3.05) is 12.3 Å². The SMILES string of the molecule is B[PH]1(O)OC[C@H]2O[C@@H](n3c(SC4=C[C@H]5C=CC=CC5C=C4)nc4c(N)ncnc43)C(O)[C@@H]2O1. The molecule has 0 aromatic carbocycles. The molecular formula is C20H23BN5O5PS. The molecule has 10 nitrogen and oxygen atoms in total. The molecule has 6 rings (SSSR count). The van der Waals surface area contributed by atoms with Gasteiger partial charge < -0.3 is 0 Å². The molecule has 0 spiro atoms. The number of allylic oxidation sites excluding steroid dienone is 7. The predicted octanol–water partition coefficient (Wildman–Crippen LogP) is 1.02. The molecule has 2 saturated heterocycles. The average molecular weight is 487 g/mol. The molecular weight excluding hydrogens is 464 g/mol. The van der Waals surface area contributed by atoms with Crippen LogP contribution in [0, 0.1) is 11.8 Å². The quantitative estimate of drug-likeness (QED) is 0.425. The van der Waals surface area contributed by atoms with Crippen LogP contribution in [0.25, 0.3) is 11.2 Å². The third-order valence-electron chi connectivity index (χ3n) is 6.18. The first-order valence-corrected chi connectivity index (χ1v) is 13.8. The summed E-state index contributed by atoms with van der Waals surface area (Å²) in [6.07, 6.45) is 13.1. The second-order valence-electron chi connectivity index (χ2n) is 8.50. The molecule has 6 atom stereocenters. The molecule has 13 heteroatoms. The number of nitrogens with zero attached hydrogens (tertiary/aromatic N) is 4. The Bertz CT molecular complexity index is 1230. The van der Waals surface area contributed by atoms with Gasteiger partial charge in [-0.05, 0) is 0 Å². The minimum atomic E-state index is -3.31. The summed E-state index contributed by atoms with van der Waals surface area (Å²) in [7, 11) is -1.78. The van der Waals surface area contributed by atoms with Gasteiger partial charge in [0.25, 0.3) is 0 Å². The number of rotatable bonds is 3. The fourth-order valence-corrected chi connectivity index (χ4v) is 6.91. The van der Waals surface area contributed by atoms with Gasteiger partial charge in [-0.3, -0.25) is 0 Å². The van der Waals surface area contributed by atoms with Gasteiger partial charge in [0.05, 0.1) is 0 Å². The van der Waals surface area contributed by atoms with Gasteiger partial charge in [-0.25, -0.2) is 0 Å². The number of aromatic nitrogens is 4. The summed E-state index contributed by atoms with van der Waals surface area (Å²) in [5.74, 6) is 0.866. The molecule has 2 unspecified atom stereocenters. The molecule has 4 heterocycles. The van der Waals surface area contributed by atoms with E-state index in [1.54, 1.807) is 4.57 Å². The van der Waals surface area contributed by atoms with Crippen LogP contribution in [-0.2, 0) is 13.8 Å². The van der Waals surface area contributed by atoms with Crippen LogP contribution >= 0.6 is 19.6 Å². The summed E-state index contributed by atoms with van der Waals surface area (Å²) in [6.45, 7) is 0.139. The monoisotopic (exact) mass is 487 g/mol.